The zero-order valence-corrected chi connectivity index (χ0v) is 10.9. The highest BCUT2D eigenvalue weighted by Gasteiger charge is 2.15. The molecule has 1 aromatic carbocycles. The van der Waals surface area contributed by atoms with Crippen LogP contribution in [0.2, 0.25) is 0 Å². The fraction of sp³-hybridized carbons (Fsp3) is 0.0833. The second kappa shape index (κ2) is 5.15. The van der Waals surface area contributed by atoms with E-state index >= 15 is 0 Å². The number of carbonyl (C=O) groups is 1. The Morgan fingerprint density at radius 1 is 1.16 bits per heavy atom. The summed E-state index contributed by atoms with van der Waals surface area (Å²) in [6, 6.07) is 8.74. The molecule has 1 aromatic heterocycles. The smallest absolute Gasteiger partial charge is 0.263 e. The Hall–Kier alpha value is -2.28. The van der Waals surface area contributed by atoms with Crippen molar-refractivity contribution in [2.24, 2.45) is 0 Å². The van der Waals surface area contributed by atoms with Gasteiger partial charge in [-0.05, 0) is 31.2 Å². The molecule has 0 aliphatic heterocycles. The second-order valence-electron chi connectivity index (χ2n) is 3.79. The van der Waals surface area contributed by atoms with E-state index in [0.717, 1.165) is 0 Å². The van der Waals surface area contributed by atoms with Crippen LogP contribution in [-0.4, -0.2) is 24.4 Å². The van der Waals surface area contributed by atoms with Gasteiger partial charge in [-0.2, -0.15) is 5.10 Å². The molecule has 0 saturated carbocycles. The van der Waals surface area contributed by atoms with E-state index in [4.69, 9.17) is 0 Å². The minimum Gasteiger partial charge on any atom is -0.295 e. The van der Waals surface area contributed by atoms with Crippen molar-refractivity contribution < 1.29 is 13.2 Å². The van der Waals surface area contributed by atoms with Crippen LogP contribution in [0.25, 0.3) is 0 Å². The molecule has 0 spiro atoms. The van der Waals surface area contributed by atoms with Crippen molar-refractivity contribution in [2.45, 2.75) is 11.8 Å². The fourth-order valence-electron chi connectivity index (χ4n) is 1.42. The summed E-state index contributed by atoms with van der Waals surface area (Å²) in [5.41, 5.74) is 0.457. The maximum Gasteiger partial charge on any atom is 0.263 e. The lowest BCUT2D eigenvalue weighted by Crippen LogP contribution is -2.14. The lowest BCUT2D eigenvalue weighted by atomic mass is 10.2. The molecule has 19 heavy (non-hydrogen) atoms. The van der Waals surface area contributed by atoms with Crippen LogP contribution in [0.3, 0.4) is 0 Å². The molecule has 0 amide bonds. The number of aromatic nitrogens is 2. The summed E-state index contributed by atoms with van der Waals surface area (Å²) >= 11 is 0. The molecule has 2 aromatic rings. The second-order valence-corrected chi connectivity index (χ2v) is 5.48. The number of hydrogen-bond acceptors (Lipinski definition) is 5. The minimum absolute atomic E-state index is 0.0585. The van der Waals surface area contributed by atoms with E-state index in [0.29, 0.717) is 5.56 Å². The Morgan fingerprint density at radius 2 is 1.84 bits per heavy atom. The van der Waals surface area contributed by atoms with Crippen molar-refractivity contribution in [3.8, 4) is 0 Å². The van der Waals surface area contributed by atoms with Gasteiger partial charge in [0.25, 0.3) is 10.0 Å². The lowest BCUT2D eigenvalue weighted by Gasteiger charge is -2.06. The van der Waals surface area contributed by atoms with E-state index in [2.05, 4.69) is 14.9 Å². The minimum atomic E-state index is -3.72. The average molecular weight is 277 g/mol. The molecule has 0 radical (unpaired) electrons. The average Bonchev–Trinajstić information content (AvgIpc) is 2.39. The van der Waals surface area contributed by atoms with Gasteiger partial charge < -0.3 is 0 Å². The Bertz CT molecular complexity index is 682. The van der Waals surface area contributed by atoms with Gasteiger partial charge in [-0.15, -0.1) is 5.10 Å². The van der Waals surface area contributed by atoms with E-state index in [1.54, 1.807) is 6.07 Å². The molecule has 0 fully saturated rings. The molecule has 1 heterocycles. The molecule has 6 nitrogen and oxygen atoms in total. The summed E-state index contributed by atoms with van der Waals surface area (Å²) in [5.74, 6) is 0.0176. The highest BCUT2D eigenvalue weighted by Crippen LogP contribution is 2.14. The maximum atomic E-state index is 12.0. The molecular weight excluding hydrogens is 266 g/mol. The van der Waals surface area contributed by atoms with Gasteiger partial charge in [-0.1, -0.05) is 12.1 Å². The summed E-state index contributed by atoms with van der Waals surface area (Å²) in [6.45, 7) is 1.42. The Labute approximate surface area is 110 Å². The van der Waals surface area contributed by atoms with E-state index in [9.17, 15) is 13.2 Å². The number of Topliss-reactive ketones (excluding diaryl/α,β-unsaturated/α-hetero) is 1. The first kappa shape index (κ1) is 13.2. The number of anilines is 1. The lowest BCUT2D eigenvalue weighted by molar-refractivity contribution is 0.101. The zero-order valence-electron chi connectivity index (χ0n) is 10.1. The van der Waals surface area contributed by atoms with Crippen LogP contribution < -0.4 is 4.72 Å². The Morgan fingerprint density at radius 3 is 2.37 bits per heavy atom. The highest BCUT2D eigenvalue weighted by molar-refractivity contribution is 7.92. The van der Waals surface area contributed by atoms with E-state index in [1.807, 2.05) is 0 Å². The van der Waals surface area contributed by atoms with Crippen molar-refractivity contribution in [3.05, 3.63) is 48.2 Å². The van der Waals surface area contributed by atoms with Crippen LogP contribution in [0.1, 0.15) is 17.3 Å². The standard InChI is InChI=1S/C12H11N3O3S/c1-9(16)10-4-6-11(7-5-10)19(17,18)15-12-3-2-8-13-14-12/h2-8H,1H3,(H,14,15). The third-order valence-electron chi connectivity index (χ3n) is 2.38. The van der Waals surface area contributed by atoms with E-state index < -0.39 is 10.0 Å². The normalized spacial score (nSPS) is 11.0. The first-order valence-corrected chi connectivity index (χ1v) is 6.89. The number of hydrogen-bond donors (Lipinski definition) is 1. The van der Waals surface area contributed by atoms with Gasteiger partial charge in [-0.3, -0.25) is 9.52 Å². The summed E-state index contributed by atoms with van der Waals surface area (Å²) < 4.78 is 26.3. The first-order chi connectivity index (χ1) is 8.99. The molecule has 1 N–H and O–H groups in total. The topological polar surface area (TPSA) is 89.0 Å². The van der Waals surface area contributed by atoms with Crippen LogP contribution in [0, 0.1) is 0 Å². The van der Waals surface area contributed by atoms with Crippen molar-refractivity contribution >= 4 is 21.6 Å². The molecule has 0 aliphatic rings. The van der Waals surface area contributed by atoms with Crippen molar-refractivity contribution in [3.63, 3.8) is 0 Å². The predicted molar refractivity (Wildman–Crippen MR) is 69.3 cm³/mol. The number of sulfonamides is 1. The fourth-order valence-corrected chi connectivity index (χ4v) is 2.42. The van der Waals surface area contributed by atoms with E-state index in [1.165, 1.54) is 43.5 Å². The number of nitrogens with one attached hydrogen (secondary N) is 1. The predicted octanol–water partition coefficient (Wildman–Crippen LogP) is 1.48. The SMILES string of the molecule is CC(=O)c1ccc(S(=O)(=O)Nc2cccnn2)cc1. The van der Waals surface area contributed by atoms with Gasteiger partial charge in [0.05, 0.1) is 4.90 Å². The first-order valence-electron chi connectivity index (χ1n) is 5.40. The number of benzene rings is 1. The summed E-state index contributed by atoms with van der Waals surface area (Å²) in [4.78, 5) is 11.2. The van der Waals surface area contributed by atoms with Crippen molar-refractivity contribution in [1.29, 1.82) is 0 Å². The molecule has 0 unspecified atom stereocenters. The maximum absolute atomic E-state index is 12.0. The van der Waals surface area contributed by atoms with Gasteiger partial charge in [-0.25, -0.2) is 8.42 Å². The summed E-state index contributed by atoms with van der Waals surface area (Å²) in [6.07, 6.45) is 1.44. The molecule has 0 atom stereocenters. The Kier molecular flexibility index (Phi) is 3.57. The van der Waals surface area contributed by atoms with E-state index in [-0.39, 0.29) is 16.5 Å². The third kappa shape index (κ3) is 3.14. The number of nitrogens with zero attached hydrogens (tertiary/aromatic N) is 2. The van der Waals surface area contributed by atoms with Crippen molar-refractivity contribution in [1.82, 2.24) is 10.2 Å². The largest absolute Gasteiger partial charge is 0.295 e. The summed E-state index contributed by atoms with van der Waals surface area (Å²) in [5, 5.41) is 7.22. The number of ketones is 1. The van der Waals surface area contributed by atoms with Gasteiger partial charge in [0, 0.05) is 11.8 Å². The van der Waals surface area contributed by atoms with Gasteiger partial charge >= 0.3 is 0 Å². The van der Waals surface area contributed by atoms with Crippen LogP contribution in [0.5, 0.6) is 0 Å². The molecule has 0 bridgehead atoms. The van der Waals surface area contributed by atoms with Crippen LogP contribution >= 0.6 is 0 Å². The Balaban J connectivity index is 2.27. The molecule has 0 saturated heterocycles. The van der Waals surface area contributed by atoms with Crippen LogP contribution in [0.15, 0.2) is 47.5 Å². The molecule has 7 heteroatoms. The third-order valence-corrected chi connectivity index (χ3v) is 3.75. The molecule has 0 aliphatic carbocycles. The van der Waals surface area contributed by atoms with Crippen molar-refractivity contribution in [2.75, 3.05) is 4.72 Å². The quantitative estimate of drug-likeness (QED) is 0.855. The highest BCUT2D eigenvalue weighted by atomic mass is 32.2. The number of rotatable bonds is 4. The molecule has 2 rings (SSSR count). The summed E-state index contributed by atoms with van der Waals surface area (Å²) in [7, 11) is -3.72. The van der Waals surface area contributed by atoms with Gasteiger partial charge in [0.2, 0.25) is 0 Å². The van der Waals surface area contributed by atoms with Crippen LogP contribution in [0.4, 0.5) is 5.82 Å². The molecular formula is C12H11N3O3S. The van der Waals surface area contributed by atoms with Gasteiger partial charge in [0.1, 0.15) is 0 Å². The van der Waals surface area contributed by atoms with Gasteiger partial charge in [0.15, 0.2) is 11.6 Å². The van der Waals surface area contributed by atoms with Crippen LogP contribution in [-0.2, 0) is 10.0 Å². The zero-order chi connectivity index (χ0) is 13.9. The molecule has 98 valence electrons. The number of carbonyl (C=O) groups excluding carboxylic acids is 1. The monoisotopic (exact) mass is 277 g/mol.